The number of thioether (sulfide) groups is 1. The summed E-state index contributed by atoms with van der Waals surface area (Å²) < 4.78 is 1.36. The van der Waals surface area contributed by atoms with Crippen LogP contribution in [0, 0.1) is 0 Å². The number of nitrogens with one attached hydrogen (secondary N) is 1. The first-order chi connectivity index (χ1) is 9.38. The monoisotopic (exact) mass is 285 g/mol. The minimum Gasteiger partial charge on any atom is -0.380 e. The van der Waals surface area contributed by atoms with Gasteiger partial charge in [0.05, 0.1) is 0 Å². The normalized spacial score (nSPS) is 10.8. The molecule has 0 aliphatic heterocycles. The largest absolute Gasteiger partial charge is 0.380 e. The minimum absolute atomic E-state index is 0.877. The Balaban J connectivity index is 1.82. The first-order valence-corrected chi connectivity index (χ1v) is 8.31. The Morgan fingerprint density at radius 1 is 1.05 bits per heavy atom. The Kier molecular flexibility index (Phi) is 3.76. The summed E-state index contributed by atoms with van der Waals surface area (Å²) in [5.41, 5.74) is 2.58. The molecule has 0 aliphatic carbocycles. The van der Waals surface area contributed by atoms with Gasteiger partial charge in [-0.3, -0.25) is 0 Å². The first-order valence-electron chi connectivity index (χ1n) is 6.20. The zero-order chi connectivity index (χ0) is 13.1. The average molecular weight is 285 g/mol. The first kappa shape index (κ1) is 12.6. The summed E-state index contributed by atoms with van der Waals surface area (Å²) in [5, 5.41) is 7.16. The summed E-state index contributed by atoms with van der Waals surface area (Å²) in [5.74, 6) is 0. The molecular weight excluding hydrogens is 270 g/mol. The number of benzene rings is 2. The fourth-order valence-electron chi connectivity index (χ4n) is 2.15. The SMILES string of the molecule is CSc1ccccc1NCc1csc2ccccc12. The molecule has 1 heterocycles. The van der Waals surface area contributed by atoms with Crippen LogP contribution in [-0.2, 0) is 6.54 Å². The fourth-order valence-corrected chi connectivity index (χ4v) is 3.69. The molecule has 0 radical (unpaired) electrons. The van der Waals surface area contributed by atoms with E-state index in [0.717, 1.165) is 6.54 Å². The van der Waals surface area contributed by atoms with Gasteiger partial charge in [-0.25, -0.2) is 0 Å². The number of fused-ring (bicyclic) bond motifs is 1. The van der Waals surface area contributed by atoms with Gasteiger partial charge >= 0.3 is 0 Å². The van der Waals surface area contributed by atoms with E-state index in [9.17, 15) is 0 Å². The number of hydrogen-bond donors (Lipinski definition) is 1. The maximum Gasteiger partial charge on any atom is 0.0480 e. The van der Waals surface area contributed by atoms with Gasteiger partial charge in [0.1, 0.15) is 0 Å². The molecule has 19 heavy (non-hydrogen) atoms. The smallest absolute Gasteiger partial charge is 0.0480 e. The molecule has 3 heteroatoms. The summed E-state index contributed by atoms with van der Waals surface area (Å²) in [6.07, 6.45) is 2.11. The second kappa shape index (κ2) is 5.68. The summed E-state index contributed by atoms with van der Waals surface area (Å²) in [7, 11) is 0. The second-order valence-corrected chi connectivity index (χ2v) is 6.07. The van der Waals surface area contributed by atoms with Gasteiger partial charge in [-0.2, -0.15) is 0 Å². The summed E-state index contributed by atoms with van der Waals surface area (Å²) in [6.45, 7) is 0.877. The number of para-hydroxylation sites is 1. The van der Waals surface area contributed by atoms with Gasteiger partial charge < -0.3 is 5.32 Å². The van der Waals surface area contributed by atoms with Gasteiger partial charge in [0.2, 0.25) is 0 Å². The highest BCUT2D eigenvalue weighted by Crippen LogP contribution is 2.28. The van der Waals surface area contributed by atoms with Crippen LogP contribution in [0.5, 0.6) is 0 Å². The summed E-state index contributed by atoms with van der Waals surface area (Å²) >= 11 is 3.59. The van der Waals surface area contributed by atoms with Crippen LogP contribution in [0.25, 0.3) is 10.1 Å². The molecule has 0 atom stereocenters. The van der Waals surface area contributed by atoms with Gasteiger partial charge in [-0.15, -0.1) is 23.1 Å². The van der Waals surface area contributed by atoms with Crippen LogP contribution in [0.2, 0.25) is 0 Å². The molecule has 0 unspecified atom stereocenters. The third kappa shape index (κ3) is 2.62. The number of rotatable bonds is 4. The van der Waals surface area contributed by atoms with Crippen molar-refractivity contribution in [2.24, 2.45) is 0 Å². The Hall–Kier alpha value is -1.45. The lowest BCUT2D eigenvalue weighted by molar-refractivity contribution is 1.16. The molecule has 1 N–H and O–H groups in total. The molecule has 0 saturated heterocycles. The van der Waals surface area contributed by atoms with Crippen molar-refractivity contribution in [2.45, 2.75) is 11.4 Å². The van der Waals surface area contributed by atoms with E-state index in [1.54, 1.807) is 11.8 Å². The van der Waals surface area contributed by atoms with E-state index in [1.165, 1.54) is 26.2 Å². The van der Waals surface area contributed by atoms with E-state index in [0.29, 0.717) is 0 Å². The van der Waals surface area contributed by atoms with Crippen LogP contribution in [-0.4, -0.2) is 6.26 Å². The van der Waals surface area contributed by atoms with Crippen molar-refractivity contribution >= 4 is 38.9 Å². The zero-order valence-electron chi connectivity index (χ0n) is 10.7. The van der Waals surface area contributed by atoms with Crippen molar-refractivity contribution in [3.63, 3.8) is 0 Å². The molecule has 0 fully saturated rings. The highest BCUT2D eigenvalue weighted by molar-refractivity contribution is 7.98. The molecule has 0 amide bonds. The van der Waals surface area contributed by atoms with Gasteiger partial charge in [0, 0.05) is 21.8 Å². The van der Waals surface area contributed by atoms with E-state index in [-0.39, 0.29) is 0 Å². The van der Waals surface area contributed by atoms with E-state index in [4.69, 9.17) is 0 Å². The molecular formula is C16H15NS2. The molecule has 96 valence electrons. The van der Waals surface area contributed by atoms with Crippen LogP contribution in [0.1, 0.15) is 5.56 Å². The number of thiophene rings is 1. The highest BCUT2D eigenvalue weighted by atomic mass is 32.2. The topological polar surface area (TPSA) is 12.0 Å². The maximum atomic E-state index is 3.54. The summed E-state index contributed by atoms with van der Waals surface area (Å²) in [4.78, 5) is 1.29. The molecule has 3 rings (SSSR count). The predicted octanol–water partition coefficient (Wildman–Crippen LogP) is 5.24. The van der Waals surface area contributed by atoms with E-state index < -0.39 is 0 Å². The zero-order valence-corrected chi connectivity index (χ0v) is 12.4. The number of anilines is 1. The van der Waals surface area contributed by atoms with Crippen molar-refractivity contribution in [2.75, 3.05) is 11.6 Å². The third-order valence-electron chi connectivity index (χ3n) is 3.14. The molecule has 1 nitrogen and oxygen atoms in total. The minimum atomic E-state index is 0.877. The third-order valence-corrected chi connectivity index (χ3v) is 4.95. The standard InChI is InChI=1S/C16H15NS2/c1-18-16-9-5-3-7-14(16)17-10-12-11-19-15-8-4-2-6-13(12)15/h2-9,11,17H,10H2,1H3. The van der Waals surface area contributed by atoms with Crippen molar-refractivity contribution in [1.29, 1.82) is 0 Å². The molecule has 2 aromatic carbocycles. The van der Waals surface area contributed by atoms with E-state index in [1.807, 2.05) is 11.3 Å². The Morgan fingerprint density at radius 3 is 2.74 bits per heavy atom. The Labute approximate surface area is 121 Å². The second-order valence-electron chi connectivity index (χ2n) is 4.31. The molecule has 0 spiro atoms. The Bertz CT molecular complexity index is 688. The van der Waals surface area contributed by atoms with Crippen LogP contribution in [0.15, 0.2) is 58.8 Å². The summed E-state index contributed by atoms with van der Waals surface area (Å²) in [6, 6.07) is 17.0. The fraction of sp³-hybridized carbons (Fsp3) is 0.125. The van der Waals surface area contributed by atoms with Crippen LogP contribution >= 0.6 is 23.1 Å². The number of hydrogen-bond acceptors (Lipinski definition) is 3. The van der Waals surface area contributed by atoms with Gasteiger partial charge in [-0.1, -0.05) is 30.3 Å². The average Bonchev–Trinajstić information content (AvgIpc) is 2.89. The van der Waals surface area contributed by atoms with Crippen molar-refractivity contribution in [1.82, 2.24) is 0 Å². The molecule has 0 aliphatic rings. The van der Waals surface area contributed by atoms with Crippen molar-refractivity contribution in [3.8, 4) is 0 Å². The van der Waals surface area contributed by atoms with Crippen molar-refractivity contribution < 1.29 is 0 Å². The molecule has 3 aromatic rings. The quantitative estimate of drug-likeness (QED) is 0.658. The van der Waals surface area contributed by atoms with Crippen LogP contribution in [0.3, 0.4) is 0 Å². The Morgan fingerprint density at radius 2 is 1.84 bits per heavy atom. The lowest BCUT2D eigenvalue weighted by atomic mass is 10.2. The predicted molar refractivity (Wildman–Crippen MR) is 87.4 cm³/mol. The van der Waals surface area contributed by atoms with E-state index >= 15 is 0 Å². The molecule has 0 saturated carbocycles. The molecule has 1 aromatic heterocycles. The lowest BCUT2D eigenvalue weighted by Crippen LogP contribution is -1.99. The molecule has 0 bridgehead atoms. The lowest BCUT2D eigenvalue weighted by Gasteiger charge is -2.09. The van der Waals surface area contributed by atoms with Crippen LogP contribution in [0.4, 0.5) is 5.69 Å². The van der Waals surface area contributed by atoms with Gasteiger partial charge in [-0.05, 0) is 40.8 Å². The maximum absolute atomic E-state index is 3.54. The van der Waals surface area contributed by atoms with E-state index in [2.05, 4.69) is 65.5 Å². The van der Waals surface area contributed by atoms with Gasteiger partial charge in [0.25, 0.3) is 0 Å². The van der Waals surface area contributed by atoms with Crippen molar-refractivity contribution in [3.05, 3.63) is 59.5 Å². The highest BCUT2D eigenvalue weighted by Gasteiger charge is 2.04. The van der Waals surface area contributed by atoms with Crippen LogP contribution < -0.4 is 5.32 Å². The van der Waals surface area contributed by atoms with Gasteiger partial charge in [0.15, 0.2) is 0 Å².